The molecule has 0 bridgehead atoms. The maximum Gasteiger partial charge on any atom is 0.331 e. The van der Waals surface area contributed by atoms with Gasteiger partial charge >= 0.3 is 5.97 Å². The highest BCUT2D eigenvalue weighted by Crippen LogP contribution is 2.43. The van der Waals surface area contributed by atoms with E-state index in [-0.39, 0.29) is 24.5 Å². The number of nitrogens with one attached hydrogen (secondary N) is 1. The molecule has 0 aliphatic carbocycles. The number of hydrogen-bond acceptors (Lipinski definition) is 4. The first-order valence-corrected chi connectivity index (χ1v) is 11.2. The van der Waals surface area contributed by atoms with Crippen LogP contribution in [0.5, 0.6) is 0 Å². The normalized spacial score (nSPS) is 19.9. The fourth-order valence-electron chi connectivity index (χ4n) is 4.23. The Hall–Kier alpha value is -3.86. The first-order chi connectivity index (χ1) is 16.0. The van der Waals surface area contributed by atoms with E-state index in [9.17, 15) is 9.59 Å². The predicted octanol–water partition coefficient (Wildman–Crippen LogP) is 5.61. The molecular weight excluding hydrogens is 412 g/mol. The van der Waals surface area contributed by atoms with E-state index in [2.05, 4.69) is 5.32 Å². The minimum Gasteiger partial charge on any atom is -0.464 e. The molecule has 0 radical (unpaired) electrons. The van der Waals surface area contributed by atoms with Gasteiger partial charge in [-0.1, -0.05) is 72.8 Å². The van der Waals surface area contributed by atoms with Gasteiger partial charge in [0.25, 0.3) is 5.91 Å². The van der Waals surface area contributed by atoms with Crippen LogP contribution in [0.2, 0.25) is 0 Å². The first-order valence-electron chi connectivity index (χ1n) is 11.2. The average molecular weight is 441 g/mol. The Morgan fingerprint density at radius 3 is 2.33 bits per heavy atom. The van der Waals surface area contributed by atoms with Crippen LogP contribution in [0.25, 0.3) is 6.08 Å². The fourth-order valence-corrected chi connectivity index (χ4v) is 4.23. The Kier molecular flexibility index (Phi) is 6.59. The van der Waals surface area contributed by atoms with Gasteiger partial charge in [0.15, 0.2) is 0 Å². The third-order valence-corrected chi connectivity index (χ3v) is 5.85. The molecule has 2 unspecified atom stereocenters. The molecule has 0 saturated carbocycles. The van der Waals surface area contributed by atoms with E-state index in [4.69, 9.17) is 4.74 Å². The molecule has 0 aromatic heterocycles. The summed E-state index contributed by atoms with van der Waals surface area (Å²) in [6, 6.07) is 26.8. The number of amides is 1. The number of ether oxygens (including phenoxy) is 1. The third-order valence-electron chi connectivity index (χ3n) is 5.85. The van der Waals surface area contributed by atoms with Crippen molar-refractivity contribution in [2.45, 2.75) is 31.8 Å². The predicted molar refractivity (Wildman–Crippen MR) is 132 cm³/mol. The number of carbonyl (C=O) groups is 2. The van der Waals surface area contributed by atoms with Gasteiger partial charge in [-0.05, 0) is 43.2 Å². The highest BCUT2D eigenvalue weighted by atomic mass is 16.5. The second kappa shape index (κ2) is 9.74. The second-order valence-corrected chi connectivity index (χ2v) is 8.28. The van der Waals surface area contributed by atoms with Crippen molar-refractivity contribution in [1.29, 1.82) is 0 Å². The lowest BCUT2D eigenvalue weighted by Gasteiger charge is -2.33. The molecule has 5 heteroatoms. The molecule has 4 rings (SSSR count). The van der Waals surface area contributed by atoms with Crippen LogP contribution in [0.1, 0.15) is 37.4 Å². The van der Waals surface area contributed by atoms with E-state index in [1.807, 2.05) is 97.9 Å². The van der Waals surface area contributed by atoms with Crippen LogP contribution in [0.4, 0.5) is 11.4 Å². The fraction of sp³-hybridized carbons (Fsp3) is 0.214. The zero-order valence-electron chi connectivity index (χ0n) is 18.9. The van der Waals surface area contributed by atoms with E-state index in [1.165, 1.54) is 0 Å². The van der Waals surface area contributed by atoms with Crippen molar-refractivity contribution >= 4 is 29.3 Å². The lowest BCUT2D eigenvalue weighted by Crippen LogP contribution is -2.46. The molecule has 1 heterocycles. The highest BCUT2D eigenvalue weighted by Gasteiger charge is 2.44. The number of esters is 1. The first kappa shape index (κ1) is 22.3. The number of nitrogens with zero attached hydrogens (tertiary/aromatic N) is 1. The van der Waals surface area contributed by atoms with Gasteiger partial charge in [-0.2, -0.15) is 0 Å². The van der Waals surface area contributed by atoms with E-state index in [0.717, 1.165) is 16.8 Å². The molecule has 2 atom stereocenters. The minimum atomic E-state index is -1.01. The lowest BCUT2D eigenvalue weighted by molar-refractivity contribution is -0.148. The van der Waals surface area contributed by atoms with Crippen LogP contribution in [0.15, 0.2) is 91.0 Å². The molecule has 0 fully saturated rings. The monoisotopic (exact) mass is 440 g/mol. The van der Waals surface area contributed by atoms with E-state index in [0.29, 0.717) is 12.1 Å². The number of fused-ring (bicyclic) bond motifs is 1. The smallest absolute Gasteiger partial charge is 0.331 e. The van der Waals surface area contributed by atoms with Crippen LogP contribution in [-0.4, -0.2) is 24.0 Å². The zero-order chi connectivity index (χ0) is 23.3. The summed E-state index contributed by atoms with van der Waals surface area (Å²) in [6.45, 7) is 3.92. The summed E-state index contributed by atoms with van der Waals surface area (Å²) in [6.07, 6.45) is 3.76. The summed E-state index contributed by atoms with van der Waals surface area (Å²) in [4.78, 5) is 28.5. The zero-order valence-corrected chi connectivity index (χ0v) is 18.9. The number of para-hydroxylation sites is 2. The molecule has 5 nitrogen and oxygen atoms in total. The van der Waals surface area contributed by atoms with Gasteiger partial charge in [-0.3, -0.25) is 9.69 Å². The topological polar surface area (TPSA) is 58.6 Å². The molecule has 1 aliphatic rings. The molecule has 3 aromatic rings. The number of anilines is 2. The van der Waals surface area contributed by atoms with Gasteiger partial charge in [0.1, 0.15) is 5.54 Å². The summed E-state index contributed by atoms with van der Waals surface area (Å²) >= 11 is 0. The standard InChI is InChI=1S/C28H28N2O3/c1-3-33-27(32)28(2)20-25(22-14-8-5-9-15-22)30(24-17-11-10-16-23(24)29-28)26(31)19-18-21-12-6-4-7-13-21/h4-19,25,29H,3,20H2,1-2H3/b19-18+. The largest absolute Gasteiger partial charge is 0.464 e. The van der Waals surface area contributed by atoms with Gasteiger partial charge in [-0.15, -0.1) is 0 Å². The number of benzene rings is 3. The van der Waals surface area contributed by atoms with Gasteiger partial charge in [0.05, 0.1) is 24.0 Å². The molecule has 1 amide bonds. The van der Waals surface area contributed by atoms with Gasteiger partial charge in [-0.25, -0.2) is 4.79 Å². The van der Waals surface area contributed by atoms with Crippen LogP contribution in [0.3, 0.4) is 0 Å². The summed E-state index contributed by atoms with van der Waals surface area (Å²) < 4.78 is 5.42. The molecule has 33 heavy (non-hydrogen) atoms. The highest BCUT2D eigenvalue weighted by molar-refractivity contribution is 6.07. The Labute approximate surface area is 194 Å². The summed E-state index contributed by atoms with van der Waals surface area (Å²) in [5.74, 6) is -0.495. The van der Waals surface area contributed by atoms with Crippen LogP contribution in [0, 0.1) is 0 Å². The van der Waals surface area contributed by atoms with E-state index >= 15 is 0 Å². The van der Waals surface area contributed by atoms with Gasteiger partial charge < -0.3 is 10.1 Å². The maximum absolute atomic E-state index is 13.7. The lowest BCUT2D eigenvalue weighted by atomic mass is 9.89. The Bertz CT molecular complexity index is 1140. The minimum absolute atomic E-state index is 0.157. The maximum atomic E-state index is 13.7. The SMILES string of the molecule is CCOC(=O)C1(C)CC(c2ccccc2)N(C(=O)/C=C/c2ccccc2)c2ccccc2N1. The number of carbonyl (C=O) groups excluding carboxylic acids is 2. The van der Waals surface area contributed by atoms with Crippen molar-refractivity contribution in [2.75, 3.05) is 16.8 Å². The van der Waals surface area contributed by atoms with Crippen LogP contribution >= 0.6 is 0 Å². The number of rotatable bonds is 5. The molecule has 1 aliphatic heterocycles. The Morgan fingerprint density at radius 2 is 1.64 bits per heavy atom. The van der Waals surface area contributed by atoms with E-state index in [1.54, 1.807) is 17.9 Å². The Balaban J connectivity index is 1.82. The summed E-state index contributed by atoms with van der Waals surface area (Å²) in [5, 5.41) is 3.39. The molecule has 0 spiro atoms. The summed E-state index contributed by atoms with van der Waals surface area (Å²) in [5.41, 5.74) is 2.33. The van der Waals surface area contributed by atoms with Gasteiger partial charge in [0, 0.05) is 12.5 Å². The molecule has 3 aromatic carbocycles. The van der Waals surface area contributed by atoms with Gasteiger partial charge in [0.2, 0.25) is 0 Å². The second-order valence-electron chi connectivity index (χ2n) is 8.28. The molecule has 1 N–H and O–H groups in total. The van der Waals surface area contributed by atoms with Crippen molar-refractivity contribution in [3.63, 3.8) is 0 Å². The van der Waals surface area contributed by atoms with Crippen LogP contribution < -0.4 is 10.2 Å². The molecule has 168 valence electrons. The molecular formula is C28H28N2O3. The van der Waals surface area contributed by atoms with Crippen molar-refractivity contribution in [3.05, 3.63) is 102 Å². The van der Waals surface area contributed by atoms with Crippen molar-refractivity contribution < 1.29 is 14.3 Å². The summed E-state index contributed by atoms with van der Waals surface area (Å²) in [7, 11) is 0. The van der Waals surface area contributed by atoms with Crippen molar-refractivity contribution in [3.8, 4) is 0 Å². The quantitative estimate of drug-likeness (QED) is 0.414. The number of hydrogen-bond donors (Lipinski definition) is 1. The Morgan fingerprint density at radius 1 is 1.00 bits per heavy atom. The molecule has 0 saturated heterocycles. The van der Waals surface area contributed by atoms with Crippen molar-refractivity contribution in [1.82, 2.24) is 0 Å². The van der Waals surface area contributed by atoms with E-state index < -0.39 is 5.54 Å². The van der Waals surface area contributed by atoms with Crippen molar-refractivity contribution in [2.24, 2.45) is 0 Å². The average Bonchev–Trinajstić information content (AvgIpc) is 2.98. The van der Waals surface area contributed by atoms with Crippen LogP contribution in [-0.2, 0) is 14.3 Å². The third kappa shape index (κ3) is 4.82.